The number of ether oxygens (including phenoxy) is 3. The second-order valence-electron chi connectivity index (χ2n) is 5.00. The van der Waals surface area contributed by atoms with Gasteiger partial charge in [0.15, 0.2) is 5.65 Å². The number of rotatable bonds is 6. The van der Waals surface area contributed by atoms with Crippen LogP contribution >= 0.6 is 0 Å². The Kier molecular flexibility index (Phi) is 4.75. The van der Waals surface area contributed by atoms with Crippen molar-refractivity contribution in [3.8, 4) is 22.9 Å². The van der Waals surface area contributed by atoms with Crippen LogP contribution in [0.15, 0.2) is 42.6 Å². The molecule has 3 rings (SSSR count). The zero-order valence-corrected chi connectivity index (χ0v) is 13.2. The minimum atomic E-state index is -4.75. The van der Waals surface area contributed by atoms with Crippen LogP contribution in [0.25, 0.3) is 16.9 Å². The Morgan fingerprint density at radius 3 is 2.72 bits per heavy atom. The molecule has 0 saturated carbocycles. The normalized spacial score (nSPS) is 11.7. The summed E-state index contributed by atoms with van der Waals surface area (Å²) < 4.78 is 53.0. The lowest BCUT2D eigenvalue weighted by atomic mass is 10.1. The second-order valence-corrected chi connectivity index (χ2v) is 5.00. The Bertz CT molecular complexity index is 864. The maximum Gasteiger partial charge on any atom is 0.573 e. The molecular formula is C16H14F3N3O3. The number of alkyl halides is 3. The van der Waals surface area contributed by atoms with Gasteiger partial charge in [0.25, 0.3) is 0 Å². The fourth-order valence-electron chi connectivity index (χ4n) is 2.21. The number of hydrogen-bond donors (Lipinski definition) is 0. The van der Waals surface area contributed by atoms with Gasteiger partial charge in [-0.1, -0.05) is 12.1 Å². The number of hydrogen-bond acceptors (Lipinski definition) is 5. The van der Waals surface area contributed by atoms with Crippen LogP contribution in [0.4, 0.5) is 13.2 Å². The van der Waals surface area contributed by atoms with E-state index in [1.54, 1.807) is 25.3 Å². The van der Waals surface area contributed by atoms with Crippen molar-refractivity contribution in [1.82, 2.24) is 14.6 Å². The molecule has 0 aliphatic rings. The van der Waals surface area contributed by atoms with E-state index in [-0.39, 0.29) is 5.75 Å². The van der Waals surface area contributed by atoms with Gasteiger partial charge in [0.2, 0.25) is 5.88 Å². The first-order chi connectivity index (χ1) is 12.0. The van der Waals surface area contributed by atoms with Crippen LogP contribution in [0.5, 0.6) is 11.6 Å². The zero-order chi connectivity index (χ0) is 17.9. The Morgan fingerprint density at radius 2 is 1.96 bits per heavy atom. The first-order valence-electron chi connectivity index (χ1n) is 7.29. The van der Waals surface area contributed by atoms with Gasteiger partial charge in [0.05, 0.1) is 18.5 Å². The summed E-state index contributed by atoms with van der Waals surface area (Å²) in [5.74, 6) is 0.0407. The highest BCUT2D eigenvalue weighted by atomic mass is 19.4. The lowest BCUT2D eigenvalue weighted by molar-refractivity contribution is -0.274. The first-order valence-corrected chi connectivity index (χ1v) is 7.29. The molecule has 2 heterocycles. The average molecular weight is 353 g/mol. The van der Waals surface area contributed by atoms with E-state index in [9.17, 15) is 13.2 Å². The first kappa shape index (κ1) is 17.0. The third-order valence-corrected chi connectivity index (χ3v) is 3.24. The van der Waals surface area contributed by atoms with Crippen LogP contribution in [0.1, 0.15) is 0 Å². The van der Waals surface area contributed by atoms with Crippen molar-refractivity contribution in [2.45, 2.75) is 6.36 Å². The molecule has 132 valence electrons. The van der Waals surface area contributed by atoms with Gasteiger partial charge in [0.1, 0.15) is 12.4 Å². The van der Waals surface area contributed by atoms with E-state index in [1.165, 1.54) is 28.9 Å². The smallest absolute Gasteiger partial charge is 0.474 e. The number of imidazole rings is 1. The molecule has 0 amide bonds. The standard InChI is InChI=1S/C16H14F3N3O3/c1-23-7-8-24-15-6-5-14-20-10-13(22(14)21-15)11-3-2-4-12(9-11)25-16(17,18)19/h2-6,9-10H,7-8H2,1H3. The molecule has 6 nitrogen and oxygen atoms in total. The lowest BCUT2D eigenvalue weighted by Gasteiger charge is -2.10. The predicted molar refractivity (Wildman–Crippen MR) is 82.5 cm³/mol. The third kappa shape index (κ3) is 4.18. The molecule has 2 aromatic heterocycles. The molecule has 0 saturated heterocycles. The average Bonchev–Trinajstić information content (AvgIpc) is 2.97. The van der Waals surface area contributed by atoms with Crippen LogP contribution in [-0.4, -0.2) is 41.3 Å². The van der Waals surface area contributed by atoms with Gasteiger partial charge in [-0.25, -0.2) is 9.50 Å². The number of methoxy groups -OCH3 is 1. The molecule has 0 aliphatic heterocycles. The summed E-state index contributed by atoms with van der Waals surface area (Å²) in [4.78, 5) is 4.19. The number of nitrogens with zero attached hydrogens (tertiary/aromatic N) is 3. The molecule has 9 heteroatoms. The fourth-order valence-corrected chi connectivity index (χ4v) is 2.21. The minimum Gasteiger partial charge on any atom is -0.474 e. The van der Waals surface area contributed by atoms with E-state index in [0.29, 0.717) is 36.0 Å². The Hall–Kier alpha value is -2.81. The van der Waals surface area contributed by atoms with Crippen LogP contribution in [0, 0.1) is 0 Å². The monoisotopic (exact) mass is 353 g/mol. The molecular weight excluding hydrogens is 339 g/mol. The summed E-state index contributed by atoms with van der Waals surface area (Å²) in [6, 6.07) is 8.98. The van der Waals surface area contributed by atoms with E-state index in [2.05, 4.69) is 14.8 Å². The molecule has 0 fully saturated rings. The minimum absolute atomic E-state index is 0.313. The van der Waals surface area contributed by atoms with E-state index in [0.717, 1.165) is 0 Å². The molecule has 3 aromatic rings. The van der Waals surface area contributed by atoms with Crippen molar-refractivity contribution < 1.29 is 27.4 Å². The molecule has 0 spiro atoms. The maximum absolute atomic E-state index is 12.4. The zero-order valence-electron chi connectivity index (χ0n) is 13.2. The number of halogens is 3. The summed E-state index contributed by atoms with van der Waals surface area (Å²) in [6.07, 6.45) is -3.23. The number of benzene rings is 1. The van der Waals surface area contributed by atoms with Gasteiger partial charge in [0, 0.05) is 18.7 Å². The number of aromatic nitrogens is 3. The van der Waals surface area contributed by atoms with Crippen LogP contribution in [0.3, 0.4) is 0 Å². The molecule has 0 atom stereocenters. The van der Waals surface area contributed by atoms with Crippen molar-refractivity contribution in [2.75, 3.05) is 20.3 Å². The maximum atomic E-state index is 12.4. The Balaban J connectivity index is 1.92. The summed E-state index contributed by atoms with van der Waals surface area (Å²) in [5.41, 5.74) is 1.53. The highest BCUT2D eigenvalue weighted by Gasteiger charge is 2.31. The van der Waals surface area contributed by atoms with E-state index in [1.807, 2.05) is 0 Å². The number of fused-ring (bicyclic) bond motifs is 1. The van der Waals surface area contributed by atoms with Crippen molar-refractivity contribution in [3.05, 3.63) is 42.6 Å². The summed E-state index contributed by atoms with van der Waals surface area (Å²) >= 11 is 0. The van der Waals surface area contributed by atoms with E-state index < -0.39 is 6.36 Å². The quantitative estimate of drug-likeness (QED) is 0.637. The lowest BCUT2D eigenvalue weighted by Crippen LogP contribution is -2.17. The van der Waals surface area contributed by atoms with Gasteiger partial charge >= 0.3 is 6.36 Å². The van der Waals surface area contributed by atoms with Crippen molar-refractivity contribution in [1.29, 1.82) is 0 Å². The fraction of sp³-hybridized carbons (Fsp3) is 0.250. The highest BCUT2D eigenvalue weighted by molar-refractivity contribution is 5.64. The molecule has 0 bridgehead atoms. The largest absolute Gasteiger partial charge is 0.573 e. The van der Waals surface area contributed by atoms with Crippen molar-refractivity contribution >= 4 is 5.65 Å². The van der Waals surface area contributed by atoms with Gasteiger partial charge in [-0.15, -0.1) is 18.3 Å². The molecule has 0 N–H and O–H groups in total. The van der Waals surface area contributed by atoms with Gasteiger partial charge in [-0.3, -0.25) is 0 Å². The predicted octanol–water partition coefficient (Wildman–Crippen LogP) is 3.32. The Morgan fingerprint density at radius 1 is 1.12 bits per heavy atom. The molecule has 0 aliphatic carbocycles. The van der Waals surface area contributed by atoms with Crippen molar-refractivity contribution in [3.63, 3.8) is 0 Å². The highest BCUT2D eigenvalue weighted by Crippen LogP contribution is 2.28. The van der Waals surface area contributed by atoms with Crippen LogP contribution in [-0.2, 0) is 4.74 Å². The third-order valence-electron chi connectivity index (χ3n) is 3.24. The van der Waals surface area contributed by atoms with Gasteiger partial charge < -0.3 is 14.2 Å². The SMILES string of the molecule is COCCOc1ccc2ncc(-c3cccc(OC(F)(F)F)c3)n2n1. The van der Waals surface area contributed by atoms with Crippen LogP contribution < -0.4 is 9.47 Å². The van der Waals surface area contributed by atoms with Crippen LogP contribution in [0.2, 0.25) is 0 Å². The summed E-state index contributed by atoms with van der Waals surface area (Å²) in [7, 11) is 1.56. The summed E-state index contributed by atoms with van der Waals surface area (Å²) in [6.45, 7) is 0.737. The summed E-state index contributed by atoms with van der Waals surface area (Å²) in [5, 5.41) is 4.30. The van der Waals surface area contributed by atoms with Crippen molar-refractivity contribution in [2.24, 2.45) is 0 Å². The molecule has 0 radical (unpaired) electrons. The van der Waals surface area contributed by atoms with E-state index >= 15 is 0 Å². The van der Waals surface area contributed by atoms with E-state index in [4.69, 9.17) is 9.47 Å². The molecule has 1 aromatic carbocycles. The van der Waals surface area contributed by atoms with Gasteiger partial charge in [-0.05, 0) is 18.2 Å². The molecule has 0 unspecified atom stereocenters. The van der Waals surface area contributed by atoms with Gasteiger partial charge in [-0.2, -0.15) is 0 Å². The Labute approximate surface area is 140 Å². The second kappa shape index (κ2) is 6.98. The molecule has 25 heavy (non-hydrogen) atoms. The topological polar surface area (TPSA) is 57.9 Å².